The van der Waals surface area contributed by atoms with E-state index in [0.717, 1.165) is 45.2 Å². The topological polar surface area (TPSA) is 25.2 Å². The average molecular weight is 405 g/mol. The van der Waals surface area contributed by atoms with Gasteiger partial charge in [0.25, 0.3) is 5.91 Å². The number of amides is 1. The normalized spacial score (nSPS) is 14.4. The Hall–Kier alpha value is -3.85. The summed E-state index contributed by atoms with van der Waals surface area (Å²) in [5.74, 6) is 0.00698. The molecule has 0 bridgehead atoms. The van der Waals surface area contributed by atoms with Crippen molar-refractivity contribution in [2.24, 2.45) is 0 Å². The van der Waals surface area contributed by atoms with Crippen molar-refractivity contribution in [3.8, 4) is 5.69 Å². The van der Waals surface area contributed by atoms with Gasteiger partial charge >= 0.3 is 0 Å². The lowest BCUT2D eigenvalue weighted by Gasteiger charge is -2.16. The van der Waals surface area contributed by atoms with Crippen LogP contribution in [0.25, 0.3) is 17.3 Å². The fourth-order valence-corrected chi connectivity index (χ4v) is 4.39. The molecule has 3 heteroatoms. The summed E-state index contributed by atoms with van der Waals surface area (Å²) in [5, 5.41) is 0. The van der Waals surface area contributed by atoms with Gasteiger partial charge in [-0.15, -0.1) is 0 Å². The van der Waals surface area contributed by atoms with Crippen LogP contribution in [0, 0.1) is 20.8 Å². The van der Waals surface area contributed by atoms with E-state index < -0.39 is 0 Å². The van der Waals surface area contributed by atoms with Crippen molar-refractivity contribution in [2.45, 2.75) is 20.8 Å². The number of hydrogen-bond donors (Lipinski definition) is 0. The number of para-hydroxylation sites is 2. The highest BCUT2D eigenvalue weighted by molar-refractivity contribution is 6.38. The van der Waals surface area contributed by atoms with Crippen molar-refractivity contribution in [1.82, 2.24) is 4.57 Å². The molecular formula is C28H24N2O. The number of aromatic nitrogens is 1. The number of benzene rings is 3. The summed E-state index contributed by atoms with van der Waals surface area (Å²) in [4.78, 5) is 15.3. The van der Waals surface area contributed by atoms with Crippen LogP contribution in [0.3, 0.4) is 0 Å². The number of anilines is 2. The second-order valence-electron chi connectivity index (χ2n) is 8.05. The molecular weight excluding hydrogens is 380 g/mol. The van der Waals surface area contributed by atoms with Gasteiger partial charge in [0.2, 0.25) is 0 Å². The molecule has 5 rings (SSSR count). The molecule has 1 aliphatic rings. The van der Waals surface area contributed by atoms with E-state index >= 15 is 0 Å². The van der Waals surface area contributed by atoms with Crippen LogP contribution in [0.5, 0.6) is 0 Å². The van der Waals surface area contributed by atoms with E-state index in [1.807, 2.05) is 60.7 Å². The molecule has 0 saturated heterocycles. The zero-order valence-electron chi connectivity index (χ0n) is 18.0. The first-order valence-electron chi connectivity index (χ1n) is 10.5. The van der Waals surface area contributed by atoms with Crippen LogP contribution in [-0.4, -0.2) is 10.5 Å². The van der Waals surface area contributed by atoms with Gasteiger partial charge in [0, 0.05) is 28.3 Å². The molecule has 0 spiro atoms. The van der Waals surface area contributed by atoms with E-state index in [1.54, 1.807) is 4.90 Å². The molecule has 0 radical (unpaired) electrons. The highest BCUT2D eigenvalue weighted by Gasteiger charge is 2.33. The van der Waals surface area contributed by atoms with E-state index in [2.05, 4.69) is 55.7 Å². The zero-order chi connectivity index (χ0) is 21.5. The molecule has 1 amide bonds. The molecule has 4 aromatic rings. The van der Waals surface area contributed by atoms with Gasteiger partial charge in [-0.1, -0.05) is 54.1 Å². The van der Waals surface area contributed by atoms with E-state index in [9.17, 15) is 4.79 Å². The molecule has 0 aliphatic carbocycles. The van der Waals surface area contributed by atoms with Gasteiger partial charge in [-0.25, -0.2) is 0 Å². The highest BCUT2D eigenvalue weighted by atomic mass is 16.2. The Kier molecular flexibility index (Phi) is 4.59. The zero-order valence-corrected chi connectivity index (χ0v) is 18.0. The van der Waals surface area contributed by atoms with Crippen LogP contribution >= 0.6 is 0 Å². The van der Waals surface area contributed by atoms with Gasteiger partial charge in [0.05, 0.1) is 11.3 Å². The lowest BCUT2D eigenvalue weighted by atomic mass is 10.0. The summed E-state index contributed by atoms with van der Waals surface area (Å²) >= 11 is 0. The second-order valence-corrected chi connectivity index (χ2v) is 8.05. The monoisotopic (exact) mass is 404 g/mol. The quantitative estimate of drug-likeness (QED) is 0.352. The Labute approximate surface area is 182 Å². The molecule has 0 fully saturated rings. The first-order valence-corrected chi connectivity index (χ1v) is 10.5. The third-order valence-corrected chi connectivity index (χ3v) is 5.95. The van der Waals surface area contributed by atoms with E-state index in [0.29, 0.717) is 0 Å². The van der Waals surface area contributed by atoms with Gasteiger partial charge < -0.3 is 4.57 Å². The third kappa shape index (κ3) is 3.19. The third-order valence-electron chi connectivity index (χ3n) is 5.95. The number of nitrogens with zero attached hydrogens (tertiary/aromatic N) is 2. The summed E-state index contributed by atoms with van der Waals surface area (Å²) in [6, 6.07) is 28.5. The Morgan fingerprint density at radius 1 is 0.742 bits per heavy atom. The second kappa shape index (κ2) is 7.44. The lowest BCUT2D eigenvalue weighted by molar-refractivity contribution is -0.112. The number of hydrogen-bond acceptors (Lipinski definition) is 1. The molecule has 2 heterocycles. The van der Waals surface area contributed by atoms with Gasteiger partial charge in [0.1, 0.15) is 0 Å². The van der Waals surface area contributed by atoms with Crippen molar-refractivity contribution in [2.75, 3.05) is 4.90 Å². The van der Waals surface area contributed by atoms with Crippen molar-refractivity contribution in [1.29, 1.82) is 0 Å². The number of carbonyl (C=O) groups is 1. The largest absolute Gasteiger partial charge is 0.318 e. The maximum absolute atomic E-state index is 13.5. The Morgan fingerprint density at radius 2 is 1.42 bits per heavy atom. The van der Waals surface area contributed by atoms with Crippen LogP contribution in [0.1, 0.15) is 28.1 Å². The first-order chi connectivity index (χ1) is 15.0. The number of fused-ring (bicyclic) bond motifs is 1. The fourth-order valence-electron chi connectivity index (χ4n) is 4.39. The van der Waals surface area contributed by atoms with Gasteiger partial charge in [0.15, 0.2) is 0 Å². The predicted molar refractivity (Wildman–Crippen MR) is 128 cm³/mol. The molecule has 0 unspecified atom stereocenters. The Bertz CT molecular complexity index is 1310. The SMILES string of the molecule is Cc1ccc(-n2c(C)cc(/C=C3/C(=O)N(c4ccccc4)c4ccccc43)c2C)cc1. The minimum Gasteiger partial charge on any atom is -0.318 e. The Balaban J connectivity index is 1.63. The maximum atomic E-state index is 13.5. The highest BCUT2D eigenvalue weighted by Crippen LogP contribution is 2.42. The van der Waals surface area contributed by atoms with Gasteiger partial charge in [-0.2, -0.15) is 0 Å². The molecule has 0 atom stereocenters. The number of carbonyl (C=O) groups excluding carboxylic acids is 1. The maximum Gasteiger partial charge on any atom is 0.263 e. The molecule has 1 aliphatic heterocycles. The van der Waals surface area contributed by atoms with E-state index in [-0.39, 0.29) is 5.91 Å². The summed E-state index contributed by atoms with van der Waals surface area (Å²) in [5.41, 5.74) is 9.21. The van der Waals surface area contributed by atoms with Crippen LogP contribution in [0.2, 0.25) is 0 Å². The van der Waals surface area contributed by atoms with Crippen LogP contribution < -0.4 is 4.90 Å². The molecule has 0 N–H and O–H groups in total. The summed E-state index contributed by atoms with van der Waals surface area (Å²) in [7, 11) is 0. The number of aryl methyl sites for hydroxylation is 2. The van der Waals surface area contributed by atoms with Crippen LogP contribution in [-0.2, 0) is 4.79 Å². The standard InChI is InChI=1S/C28H24N2O/c1-19-13-15-24(16-14-19)29-20(2)17-22(21(29)3)18-26-25-11-7-8-12-27(25)30(28(26)31)23-9-5-4-6-10-23/h4-18H,1-3H3/b26-18+. The molecule has 3 nitrogen and oxygen atoms in total. The van der Waals surface area contributed by atoms with Crippen LogP contribution in [0.15, 0.2) is 84.9 Å². The molecule has 152 valence electrons. The predicted octanol–water partition coefficient (Wildman–Crippen LogP) is 6.62. The van der Waals surface area contributed by atoms with Crippen molar-refractivity contribution in [3.63, 3.8) is 0 Å². The molecule has 3 aromatic carbocycles. The molecule has 31 heavy (non-hydrogen) atoms. The van der Waals surface area contributed by atoms with Crippen molar-refractivity contribution in [3.05, 3.63) is 113 Å². The summed E-state index contributed by atoms with van der Waals surface area (Å²) in [6.07, 6.45) is 2.04. The Morgan fingerprint density at radius 3 is 2.16 bits per heavy atom. The van der Waals surface area contributed by atoms with Gasteiger partial charge in [-0.3, -0.25) is 9.69 Å². The van der Waals surface area contributed by atoms with Crippen molar-refractivity contribution < 1.29 is 4.79 Å². The van der Waals surface area contributed by atoms with Crippen LogP contribution in [0.4, 0.5) is 11.4 Å². The molecule has 0 saturated carbocycles. The van der Waals surface area contributed by atoms with E-state index in [4.69, 9.17) is 0 Å². The number of rotatable bonds is 3. The van der Waals surface area contributed by atoms with Gasteiger partial charge in [-0.05, 0) is 68.8 Å². The average Bonchev–Trinajstić information content (AvgIpc) is 3.22. The molecule has 1 aromatic heterocycles. The van der Waals surface area contributed by atoms with Crippen molar-refractivity contribution >= 4 is 28.9 Å². The lowest BCUT2D eigenvalue weighted by Crippen LogP contribution is -2.20. The summed E-state index contributed by atoms with van der Waals surface area (Å²) in [6.45, 7) is 6.31. The first kappa shape index (κ1) is 19.1. The minimum absolute atomic E-state index is 0.00698. The van der Waals surface area contributed by atoms with E-state index in [1.165, 1.54) is 5.56 Å². The fraction of sp³-hybridized carbons (Fsp3) is 0.107. The smallest absolute Gasteiger partial charge is 0.263 e. The minimum atomic E-state index is 0.00698. The summed E-state index contributed by atoms with van der Waals surface area (Å²) < 4.78 is 2.24.